The van der Waals surface area contributed by atoms with Crippen LogP contribution in [0.2, 0.25) is 0 Å². The monoisotopic (exact) mass is 271 g/mol. The van der Waals surface area contributed by atoms with Gasteiger partial charge in [-0.05, 0) is 18.2 Å². The normalized spacial score (nSPS) is 10.7. The van der Waals surface area contributed by atoms with Crippen LogP contribution in [0.4, 0.5) is 4.39 Å². The second kappa shape index (κ2) is 5.25. The smallest absolute Gasteiger partial charge is 0.147 e. The van der Waals surface area contributed by atoms with E-state index >= 15 is 0 Å². The van der Waals surface area contributed by atoms with Gasteiger partial charge in [-0.25, -0.2) is 4.39 Å². The van der Waals surface area contributed by atoms with Gasteiger partial charge in [0.1, 0.15) is 23.9 Å². The van der Waals surface area contributed by atoms with Gasteiger partial charge in [-0.1, -0.05) is 18.2 Å². The number of ether oxygens (including phenoxy) is 2. The number of aromatic amines is 1. The summed E-state index contributed by atoms with van der Waals surface area (Å²) >= 11 is 0. The molecule has 3 aromatic rings. The van der Waals surface area contributed by atoms with Gasteiger partial charge < -0.3 is 14.5 Å². The first-order valence-corrected chi connectivity index (χ1v) is 6.29. The van der Waals surface area contributed by atoms with Crippen molar-refractivity contribution in [3.8, 4) is 11.5 Å². The number of H-pyrrole nitrogens is 1. The summed E-state index contributed by atoms with van der Waals surface area (Å²) in [6, 6.07) is 12.4. The van der Waals surface area contributed by atoms with E-state index in [1.807, 2.05) is 30.3 Å². The van der Waals surface area contributed by atoms with E-state index < -0.39 is 0 Å². The fourth-order valence-corrected chi connectivity index (χ4v) is 2.15. The zero-order chi connectivity index (χ0) is 13.9. The third-order valence-electron chi connectivity index (χ3n) is 3.19. The molecule has 2 aromatic carbocycles. The van der Waals surface area contributed by atoms with Gasteiger partial charge in [-0.2, -0.15) is 0 Å². The molecule has 1 N–H and O–H groups in total. The Labute approximate surface area is 116 Å². The van der Waals surface area contributed by atoms with Gasteiger partial charge in [0.15, 0.2) is 0 Å². The predicted octanol–water partition coefficient (Wildman–Crippen LogP) is 3.89. The maximum Gasteiger partial charge on any atom is 0.147 e. The molecule has 102 valence electrons. The van der Waals surface area contributed by atoms with E-state index in [-0.39, 0.29) is 5.82 Å². The molecule has 0 radical (unpaired) electrons. The first kappa shape index (κ1) is 12.5. The quantitative estimate of drug-likeness (QED) is 0.781. The van der Waals surface area contributed by atoms with E-state index in [0.717, 1.165) is 22.4 Å². The second-order valence-corrected chi connectivity index (χ2v) is 4.44. The average Bonchev–Trinajstić information content (AvgIpc) is 2.90. The van der Waals surface area contributed by atoms with E-state index in [4.69, 9.17) is 9.47 Å². The molecule has 0 aliphatic rings. The first-order valence-electron chi connectivity index (χ1n) is 6.29. The summed E-state index contributed by atoms with van der Waals surface area (Å²) in [6.07, 6.45) is 1.77. The topological polar surface area (TPSA) is 34.2 Å². The SMILES string of the molecule is COc1cccc(OCc2c[nH]c3c(F)cccc23)c1. The Kier molecular flexibility index (Phi) is 3.29. The maximum absolute atomic E-state index is 13.6. The molecule has 0 amide bonds. The van der Waals surface area contributed by atoms with Crippen LogP contribution in [0.25, 0.3) is 10.9 Å². The van der Waals surface area contributed by atoms with Crippen molar-refractivity contribution < 1.29 is 13.9 Å². The summed E-state index contributed by atoms with van der Waals surface area (Å²) in [6.45, 7) is 0.372. The summed E-state index contributed by atoms with van der Waals surface area (Å²) in [5.41, 5.74) is 1.43. The van der Waals surface area contributed by atoms with Crippen LogP contribution >= 0.6 is 0 Å². The lowest BCUT2D eigenvalue weighted by Gasteiger charge is -2.07. The molecule has 3 nitrogen and oxygen atoms in total. The highest BCUT2D eigenvalue weighted by Gasteiger charge is 2.07. The van der Waals surface area contributed by atoms with Gasteiger partial charge >= 0.3 is 0 Å². The molecular formula is C16H14FNO2. The third kappa shape index (κ3) is 2.32. The van der Waals surface area contributed by atoms with Crippen LogP contribution in [-0.4, -0.2) is 12.1 Å². The number of para-hydroxylation sites is 1. The Morgan fingerprint density at radius 1 is 1.10 bits per heavy atom. The highest BCUT2D eigenvalue weighted by atomic mass is 19.1. The molecule has 1 heterocycles. The number of hydrogen-bond donors (Lipinski definition) is 1. The summed E-state index contributed by atoms with van der Waals surface area (Å²) < 4.78 is 24.4. The number of nitrogens with one attached hydrogen (secondary N) is 1. The lowest BCUT2D eigenvalue weighted by molar-refractivity contribution is 0.305. The van der Waals surface area contributed by atoms with Crippen molar-refractivity contribution in [1.29, 1.82) is 0 Å². The van der Waals surface area contributed by atoms with Crippen LogP contribution in [0.3, 0.4) is 0 Å². The number of fused-ring (bicyclic) bond motifs is 1. The number of aromatic nitrogens is 1. The van der Waals surface area contributed by atoms with E-state index in [1.54, 1.807) is 19.4 Å². The van der Waals surface area contributed by atoms with Crippen LogP contribution in [0.5, 0.6) is 11.5 Å². The van der Waals surface area contributed by atoms with Crippen molar-refractivity contribution in [2.24, 2.45) is 0 Å². The van der Waals surface area contributed by atoms with Gasteiger partial charge in [0, 0.05) is 23.2 Å². The van der Waals surface area contributed by atoms with Gasteiger partial charge in [0.05, 0.1) is 12.6 Å². The molecule has 0 unspecified atom stereocenters. The summed E-state index contributed by atoms with van der Waals surface area (Å²) in [7, 11) is 1.61. The standard InChI is InChI=1S/C16H14FNO2/c1-19-12-4-2-5-13(8-12)20-10-11-9-18-16-14(11)6-3-7-15(16)17/h2-9,18H,10H2,1H3. The lowest BCUT2D eigenvalue weighted by Crippen LogP contribution is -1.95. The van der Waals surface area contributed by atoms with Crippen molar-refractivity contribution in [1.82, 2.24) is 4.98 Å². The molecular weight excluding hydrogens is 257 g/mol. The zero-order valence-corrected chi connectivity index (χ0v) is 11.0. The van der Waals surface area contributed by atoms with E-state index in [9.17, 15) is 4.39 Å². The van der Waals surface area contributed by atoms with E-state index in [2.05, 4.69) is 4.98 Å². The second-order valence-electron chi connectivity index (χ2n) is 4.44. The van der Waals surface area contributed by atoms with Crippen LogP contribution in [0, 0.1) is 5.82 Å². The van der Waals surface area contributed by atoms with Crippen molar-refractivity contribution in [2.45, 2.75) is 6.61 Å². The van der Waals surface area contributed by atoms with Crippen LogP contribution in [0.1, 0.15) is 5.56 Å². The molecule has 0 spiro atoms. The van der Waals surface area contributed by atoms with Crippen molar-refractivity contribution >= 4 is 10.9 Å². The predicted molar refractivity (Wildman–Crippen MR) is 75.6 cm³/mol. The number of halogens is 1. The van der Waals surface area contributed by atoms with Crippen molar-refractivity contribution in [3.63, 3.8) is 0 Å². The fourth-order valence-electron chi connectivity index (χ4n) is 2.15. The Bertz CT molecular complexity index is 736. The van der Waals surface area contributed by atoms with Gasteiger partial charge in [-0.15, -0.1) is 0 Å². The van der Waals surface area contributed by atoms with E-state index in [1.165, 1.54) is 6.07 Å². The molecule has 0 fully saturated rings. The molecule has 0 bridgehead atoms. The van der Waals surface area contributed by atoms with Gasteiger partial charge in [0.2, 0.25) is 0 Å². The Hall–Kier alpha value is -2.49. The molecule has 0 aliphatic carbocycles. The first-order chi connectivity index (χ1) is 9.78. The molecule has 3 rings (SSSR count). The minimum absolute atomic E-state index is 0.255. The maximum atomic E-state index is 13.6. The average molecular weight is 271 g/mol. The van der Waals surface area contributed by atoms with Crippen LogP contribution < -0.4 is 9.47 Å². The minimum atomic E-state index is -0.255. The molecule has 0 saturated carbocycles. The third-order valence-corrected chi connectivity index (χ3v) is 3.19. The molecule has 20 heavy (non-hydrogen) atoms. The number of benzene rings is 2. The largest absolute Gasteiger partial charge is 0.497 e. The van der Waals surface area contributed by atoms with Gasteiger partial charge in [-0.3, -0.25) is 0 Å². The van der Waals surface area contributed by atoms with Crippen molar-refractivity contribution in [2.75, 3.05) is 7.11 Å². The Balaban J connectivity index is 1.81. The lowest BCUT2D eigenvalue weighted by atomic mass is 10.2. The van der Waals surface area contributed by atoms with Gasteiger partial charge in [0.25, 0.3) is 0 Å². The Morgan fingerprint density at radius 2 is 1.90 bits per heavy atom. The molecule has 0 saturated heterocycles. The van der Waals surface area contributed by atoms with Crippen LogP contribution in [0.15, 0.2) is 48.7 Å². The number of rotatable bonds is 4. The zero-order valence-electron chi connectivity index (χ0n) is 11.0. The molecule has 1 aromatic heterocycles. The van der Waals surface area contributed by atoms with E-state index in [0.29, 0.717) is 12.1 Å². The highest BCUT2D eigenvalue weighted by molar-refractivity contribution is 5.83. The minimum Gasteiger partial charge on any atom is -0.497 e. The van der Waals surface area contributed by atoms with Crippen LogP contribution in [-0.2, 0) is 6.61 Å². The number of methoxy groups -OCH3 is 1. The Morgan fingerprint density at radius 3 is 2.75 bits per heavy atom. The summed E-state index contributed by atoms with van der Waals surface area (Å²) in [5.74, 6) is 1.21. The number of hydrogen-bond acceptors (Lipinski definition) is 2. The van der Waals surface area contributed by atoms with Crippen molar-refractivity contribution in [3.05, 3.63) is 60.0 Å². The fraction of sp³-hybridized carbons (Fsp3) is 0.125. The highest BCUT2D eigenvalue weighted by Crippen LogP contribution is 2.24. The molecule has 0 aliphatic heterocycles. The summed E-state index contributed by atoms with van der Waals surface area (Å²) in [5, 5.41) is 0.841. The molecule has 0 atom stereocenters. The summed E-state index contributed by atoms with van der Waals surface area (Å²) in [4.78, 5) is 2.94. The molecule has 4 heteroatoms.